The van der Waals surface area contributed by atoms with Crippen LogP contribution in [0.1, 0.15) is 16.1 Å². The van der Waals surface area contributed by atoms with Gasteiger partial charge in [0.25, 0.3) is 5.91 Å². The van der Waals surface area contributed by atoms with Crippen molar-refractivity contribution >= 4 is 17.5 Å². The van der Waals surface area contributed by atoms with E-state index in [2.05, 4.69) is 10.5 Å². The lowest BCUT2D eigenvalue weighted by atomic mass is 10.0. The normalized spacial score (nSPS) is 16.0. The number of hydrogen-bond acceptors (Lipinski definition) is 4. The standard InChI is InChI=1S/C19H15ClN2O3/c20-14-7-5-12(6-8-14)18-10-16(22-25-18)19(23)21-15-9-13-3-1-2-4-17(13)24-11-15/h1-8,10,15H,9,11H2,(H,21,23)/t15-/m1/s1. The summed E-state index contributed by atoms with van der Waals surface area (Å²) in [6, 6.07) is 16.5. The third kappa shape index (κ3) is 3.37. The number of ether oxygens (including phenoxy) is 1. The summed E-state index contributed by atoms with van der Waals surface area (Å²) in [4.78, 5) is 12.4. The van der Waals surface area contributed by atoms with Crippen molar-refractivity contribution in [3.63, 3.8) is 0 Å². The van der Waals surface area contributed by atoms with Gasteiger partial charge < -0.3 is 14.6 Å². The molecule has 25 heavy (non-hydrogen) atoms. The van der Waals surface area contributed by atoms with Crippen LogP contribution in [0.15, 0.2) is 59.1 Å². The average molecular weight is 355 g/mol. The molecule has 0 fully saturated rings. The van der Waals surface area contributed by atoms with E-state index in [4.69, 9.17) is 20.9 Å². The molecule has 0 unspecified atom stereocenters. The predicted octanol–water partition coefficient (Wildman–Crippen LogP) is 3.73. The van der Waals surface area contributed by atoms with E-state index >= 15 is 0 Å². The first kappa shape index (κ1) is 15.7. The van der Waals surface area contributed by atoms with Crippen LogP contribution in [0.3, 0.4) is 0 Å². The van der Waals surface area contributed by atoms with E-state index < -0.39 is 0 Å². The van der Waals surface area contributed by atoms with Crippen LogP contribution in [0.2, 0.25) is 5.02 Å². The molecule has 1 aliphatic heterocycles. The van der Waals surface area contributed by atoms with Crippen LogP contribution in [0.4, 0.5) is 0 Å². The number of para-hydroxylation sites is 1. The molecule has 4 rings (SSSR count). The number of nitrogens with zero attached hydrogens (tertiary/aromatic N) is 1. The highest BCUT2D eigenvalue weighted by Crippen LogP contribution is 2.25. The van der Waals surface area contributed by atoms with Crippen molar-refractivity contribution in [1.82, 2.24) is 10.5 Å². The van der Waals surface area contributed by atoms with E-state index in [1.54, 1.807) is 18.2 Å². The van der Waals surface area contributed by atoms with Gasteiger partial charge in [-0.15, -0.1) is 0 Å². The maximum atomic E-state index is 12.4. The van der Waals surface area contributed by atoms with E-state index in [-0.39, 0.29) is 17.6 Å². The highest BCUT2D eigenvalue weighted by molar-refractivity contribution is 6.30. The molecule has 1 aliphatic rings. The predicted molar refractivity (Wildman–Crippen MR) is 93.8 cm³/mol. The third-order valence-corrected chi connectivity index (χ3v) is 4.34. The molecule has 0 saturated carbocycles. The molecule has 2 heterocycles. The van der Waals surface area contributed by atoms with Crippen molar-refractivity contribution in [1.29, 1.82) is 0 Å². The Kier molecular flexibility index (Phi) is 4.15. The Labute approximate surface area is 149 Å². The highest BCUT2D eigenvalue weighted by Gasteiger charge is 2.23. The van der Waals surface area contributed by atoms with Crippen molar-refractivity contribution in [2.45, 2.75) is 12.5 Å². The Bertz CT molecular complexity index is 905. The largest absolute Gasteiger partial charge is 0.491 e. The molecule has 126 valence electrons. The van der Waals surface area contributed by atoms with Crippen molar-refractivity contribution in [3.8, 4) is 17.1 Å². The smallest absolute Gasteiger partial charge is 0.273 e. The zero-order chi connectivity index (χ0) is 17.2. The molecular formula is C19H15ClN2O3. The fraction of sp³-hybridized carbons (Fsp3) is 0.158. The third-order valence-electron chi connectivity index (χ3n) is 4.09. The number of hydrogen-bond donors (Lipinski definition) is 1. The maximum absolute atomic E-state index is 12.4. The lowest BCUT2D eigenvalue weighted by molar-refractivity contribution is 0.0906. The van der Waals surface area contributed by atoms with Crippen LogP contribution in [-0.4, -0.2) is 23.7 Å². The number of aromatic nitrogens is 1. The summed E-state index contributed by atoms with van der Waals surface area (Å²) in [6.07, 6.45) is 0.726. The Balaban J connectivity index is 1.45. The summed E-state index contributed by atoms with van der Waals surface area (Å²) in [5.74, 6) is 1.11. The van der Waals surface area contributed by atoms with Crippen LogP contribution in [-0.2, 0) is 6.42 Å². The summed E-state index contributed by atoms with van der Waals surface area (Å²) in [5, 5.41) is 7.44. The molecule has 1 N–H and O–H groups in total. The zero-order valence-corrected chi connectivity index (χ0v) is 14.0. The molecule has 1 aromatic heterocycles. The van der Waals surface area contributed by atoms with Gasteiger partial charge in [-0.05, 0) is 42.3 Å². The molecule has 0 spiro atoms. The second-order valence-electron chi connectivity index (χ2n) is 5.88. The van der Waals surface area contributed by atoms with Crippen molar-refractivity contribution < 1.29 is 14.1 Å². The minimum Gasteiger partial charge on any atom is -0.491 e. The molecule has 6 heteroatoms. The number of halogens is 1. The number of carbonyl (C=O) groups excluding carboxylic acids is 1. The molecule has 0 radical (unpaired) electrons. The zero-order valence-electron chi connectivity index (χ0n) is 13.2. The fourth-order valence-electron chi connectivity index (χ4n) is 2.81. The van der Waals surface area contributed by atoms with Crippen LogP contribution in [0.25, 0.3) is 11.3 Å². The summed E-state index contributed by atoms with van der Waals surface area (Å²) in [6.45, 7) is 0.435. The van der Waals surface area contributed by atoms with Crippen LogP contribution >= 0.6 is 11.6 Å². The van der Waals surface area contributed by atoms with Crippen LogP contribution < -0.4 is 10.1 Å². The van der Waals surface area contributed by atoms with E-state index in [9.17, 15) is 4.79 Å². The SMILES string of the molecule is O=C(N[C@H]1COc2ccccc2C1)c1cc(-c2ccc(Cl)cc2)on1. The van der Waals surface area contributed by atoms with Gasteiger partial charge in [-0.1, -0.05) is 35.0 Å². The second kappa shape index (κ2) is 6.61. The average Bonchev–Trinajstić information content (AvgIpc) is 3.12. The number of amides is 1. The first-order valence-electron chi connectivity index (χ1n) is 7.93. The summed E-state index contributed by atoms with van der Waals surface area (Å²) < 4.78 is 11.0. The van der Waals surface area contributed by atoms with E-state index in [1.807, 2.05) is 36.4 Å². The monoisotopic (exact) mass is 354 g/mol. The molecule has 5 nitrogen and oxygen atoms in total. The first-order valence-corrected chi connectivity index (χ1v) is 8.31. The van der Waals surface area contributed by atoms with Crippen LogP contribution in [0, 0.1) is 0 Å². The van der Waals surface area contributed by atoms with Crippen LogP contribution in [0.5, 0.6) is 5.75 Å². The van der Waals surface area contributed by atoms with Crippen molar-refractivity contribution in [2.24, 2.45) is 0 Å². The number of rotatable bonds is 3. The van der Waals surface area contributed by atoms with Gasteiger partial charge in [0.15, 0.2) is 11.5 Å². The number of carbonyl (C=O) groups is 1. The van der Waals surface area contributed by atoms with Gasteiger partial charge >= 0.3 is 0 Å². The van der Waals surface area contributed by atoms with Gasteiger partial charge in [0.05, 0.1) is 6.04 Å². The van der Waals surface area contributed by atoms with E-state index in [0.29, 0.717) is 17.4 Å². The lowest BCUT2D eigenvalue weighted by Gasteiger charge is -2.25. The van der Waals surface area contributed by atoms with Gasteiger partial charge in [0.2, 0.25) is 0 Å². The summed E-state index contributed by atoms with van der Waals surface area (Å²) in [7, 11) is 0. The Morgan fingerprint density at radius 2 is 1.96 bits per heavy atom. The van der Waals surface area contributed by atoms with E-state index in [1.165, 1.54) is 0 Å². The summed E-state index contributed by atoms with van der Waals surface area (Å²) >= 11 is 5.88. The van der Waals surface area contributed by atoms with Gasteiger partial charge in [-0.3, -0.25) is 4.79 Å². The fourth-order valence-corrected chi connectivity index (χ4v) is 2.94. The van der Waals surface area contributed by atoms with Gasteiger partial charge in [-0.25, -0.2) is 0 Å². The van der Waals surface area contributed by atoms with Gasteiger partial charge in [0.1, 0.15) is 12.4 Å². The second-order valence-corrected chi connectivity index (χ2v) is 6.31. The molecule has 0 aliphatic carbocycles. The molecule has 3 aromatic rings. The lowest BCUT2D eigenvalue weighted by Crippen LogP contribution is -2.42. The maximum Gasteiger partial charge on any atom is 0.273 e. The molecule has 1 atom stereocenters. The number of benzene rings is 2. The molecular weight excluding hydrogens is 340 g/mol. The summed E-state index contributed by atoms with van der Waals surface area (Å²) in [5.41, 5.74) is 2.13. The Hall–Kier alpha value is -2.79. The topological polar surface area (TPSA) is 64.4 Å². The Morgan fingerprint density at radius 1 is 1.16 bits per heavy atom. The van der Waals surface area contributed by atoms with Gasteiger partial charge in [0, 0.05) is 16.7 Å². The molecule has 0 bridgehead atoms. The quantitative estimate of drug-likeness (QED) is 0.778. The van der Waals surface area contributed by atoms with Gasteiger partial charge in [-0.2, -0.15) is 0 Å². The first-order chi connectivity index (χ1) is 12.2. The molecule has 0 saturated heterocycles. The molecule has 1 amide bonds. The minimum atomic E-state index is -0.281. The minimum absolute atomic E-state index is 0.0990. The van der Waals surface area contributed by atoms with Crippen molar-refractivity contribution in [3.05, 3.63) is 70.9 Å². The van der Waals surface area contributed by atoms with Crippen molar-refractivity contribution in [2.75, 3.05) is 6.61 Å². The number of fused-ring (bicyclic) bond motifs is 1. The molecule has 2 aromatic carbocycles. The van der Waals surface area contributed by atoms with E-state index in [0.717, 1.165) is 23.3 Å². The Morgan fingerprint density at radius 3 is 2.80 bits per heavy atom. The number of nitrogens with one attached hydrogen (secondary N) is 1. The highest BCUT2D eigenvalue weighted by atomic mass is 35.5.